The van der Waals surface area contributed by atoms with E-state index in [-0.39, 0.29) is 22.4 Å². The topological polar surface area (TPSA) is 54.4 Å². The Hall–Kier alpha value is -1.23. The zero-order valence-corrected chi connectivity index (χ0v) is 9.23. The van der Waals surface area contributed by atoms with Crippen molar-refractivity contribution in [1.82, 2.24) is 0 Å². The van der Waals surface area contributed by atoms with Gasteiger partial charge in [-0.15, -0.1) is 0 Å². The second kappa shape index (κ2) is 4.53. The van der Waals surface area contributed by atoms with Crippen LogP contribution in [0.1, 0.15) is 22.8 Å². The molecule has 1 aromatic carbocycles. The normalized spacial score (nSPS) is 12.5. The fourth-order valence-electron chi connectivity index (χ4n) is 1.37. The van der Waals surface area contributed by atoms with Gasteiger partial charge in [-0.25, -0.2) is 9.18 Å². The molecule has 1 aromatic rings. The van der Waals surface area contributed by atoms with E-state index in [1.54, 1.807) is 6.92 Å². The highest BCUT2D eigenvalue weighted by Crippen LogP contribution is 2.20. The molecule has 3 nitrogen and oxygen atoms in total. The summed E-state index contributed by atoms with van der Waals surface area (Å²) < 4.78 is 24.8. The van der Waals surface area contributed by atoms with Gasteiger partial charge in [0.05, 0.1) is 21.3 Å². The van der Waals surface area contributed by atoms with E-state index in [4.69, 9.17) is 5.11 Å². The number of hydrogen-bond donors (Lipinski definition) is 1. The minimum Gasteiger partial charge on any atom is -0.478 e. The minimum absolute atomic E-state index is 0.0526. The summed E-state index contributed by atoms with van der Waals surface area (Å²) in [4.78, 5) is 10.8. The van der Waals surface area contributed by atoms with E-state index in [1.165, 1.54) is 18.4 Å². The van der Waals surface area contributed by atoms with Crippen LogP contribution in [0.15, 0.2) is 17.0 Å². The predicted octanol–water partition coefficient (Wildman–Crippen LogP) is 1.82. The average molecular weight is 230 g/mol. The number of halogens is 1. The summed E-state index contributed by atoms with van der Waals surface area (Å²) in [6.45, 7) is 1.66. The number of benzene rings is 1. The maximum Gasteiger partial charge on any atom is 0.336 e. The Morgan fingerprint density at radius 2 is 2.13 bits per heavy atom. The molecule has 1 N–H and O–H groups in total. The molecule has 1 unspecified atom stereocenters. The first kappa shape index (κ1) is 11.8. The van der Waals surface area contributed by atoms with Gasteiger partial charge in [-0.1, -0.05) is 6.92 Å². The first-order valence-corrected chi connectivity index (χ1v) is 5.93. The SMILES string of the molecule is CCc1c(C(=O)O)ccc(S(C)=O)c1F. The van der Waals surface area contributed by atoms with Crippen LogP contribution in [0.4, 0.5) is 4.39 Å². The third kappa shape index (κ3) is 2.23. The molecule has 0 radical (unpaired) electrons. The van der Waals surface area contributed by atoms with Gasteiger partial charge in [0, 0.05) is 11.8 Å². The van der Waals surface area contributed by atoms with E-state index in [1.807, 2.05) is 0 Å². The van der Waals surface area contributed by atoms with E-state index < -0.39 is 22.6 Å². The van der Waals surface area contributed by atoms with Crippen LogP contribution < -0.4 is 0 Å². The monoisotopic (exact) mass is 230 g/mol. The smallest absolute Gasteiger partial charge is 0.336 e. The van der Waals surface area contributed by atoms with Crippen LogP contribution in [0.5, 0.6) is 0 Å². The number of aromatic carboxylic acids is 1. The Labute approximate surface area is 89.4 Å². The number of carboxylic acid groups (broad SMARTS) is 1. The number of hydrogen-bond acceptors (Lipinski definition) is 2. The van der Waals surface area contributed by atoms with Crippen molar-refractivity contribution in [1.29, 1.82) is 0 Å². The third-order valence-electron chi connectivity index (χ3n) is 2.10. The van der Waals surface area contributed by atoms with Crippen molar-refractivity contribution in [3.05, 3.63) is 29.1 Å². The number of rotatable bonds is 3. The van der Waals surface area contributed by atoms with Gasteiger partial charge in [-0.2, -0.15) is 0 Å². The molecule has 0 heterocycles. The lowest BCUT2D eigenvalue weighted by atomic mass is 10.0. The summed E-state index contributed by atoms with van der Waals surface area (Å²) in [6.07, 6.45) is 1.62. The van der Waals surface area contributed by atoms with Gasteiger partial charge in [-0.05, 0) is 18.6 Å². The van der Waals surface area contributed by atoms with Gasteiger partial charge >= 0.3 is 5.97 Å². The van der Waals surface area contributed by atoms with E-state index >= 15 is 0 Å². The van der Waals surface area contributed by atoms with Crippen LogP contribution in [0.2, 0.25) is 0 Å². The highest BCUT2D eigenvalue weighted by Gasteiger charge is 2.17. The quantitative estimate of drug-likeness (QED) is 0.861. The lowest BCUT2D eigenvalue weighted by molar-refractivity contribution is 0.0695. The summed E-state index contributed by atoms with van der Waals surface area (Å²) in [5.74, 6) is -1.84. The van der Waals surface area contributed by atoms with Crippen LogP contribution in [0, 0.1) is 5.82 Å². The van der Waals surface area contributed by atoms with Crippen molar-refractivity contribution < 1.29 is 18.5 Å². The Balaban J connectivity index is 3.45. The summed E-state index contributed by atoms with van der Waals surface area (Å²) in [7, 11) is -1.44. The predicted molar refractivity (Wildman–Crippen MR) is 55.1 cm³/mol. The minimum atomic E-state index is -1.44. The van der Waals surface area contributed by atoms with Gasteiger partial charge in [0.2, 0.25) is 0 Å². The molecule has 0 saturated heterocycles. The molecule has 5 heteroatoms. The van der Waals surface area contributed by atoms with Crippen molar-refractivity contribution in [2.45, 2.75) is 18.2 Å². The van der Waals surface area contributed by atoms with Gasteiger partial charge < -0.3 is 5.11 Å². The first-order chi connectivity index (χ1) is 6.99. The first-order valence-electron chi connectivity index (χ1n) is 4.37. The van der Waals surface area contributed by atoms with E-state index in [2.05, 4.69) is 0 Å². The van der Waals surface area contributed by atoms with Crippen molar-refractivity contribution in [3.63, 3.8) is 0 Å². The van der Waals surface area contributed by atoms with Gasteiger partial charge in [0.15, 0.2) is 0 Å². The third-order valence-corrected chi connectivity index (χ3v) is 3.04. The molecule has 0 aromatic heterocycles. The Morgan fingerprint density at radius 3 is 2.53 bits per heavy atom. The van der Waals surface area contributed by atoms with Gasteiger partial charge in [0.1, 0.15) is 5.82 Å². The average Bonchev–Trinajstić information content (AvgIpc) is 2.16. The molecular weight excluding hydrogens is 219 g/mol. The largest absolute Gasteiger partial charge is 0.478 e. The van der Waals surface area contributed by atoms with Crippen LogP contribution in [-0.4, -0.2) is 21.5 Å². The molecule has 82 valence electrons. The highest BCUT2D eigenvalue weighted by atomic mass is 32.2. The maximum atomic E-state index is 13.7. The molecule has 0 aliphatic heterocycles. The van der Waals surface area contributed by atoms with E-state index in [0.29, 0.717) is 0 Å². The van der Waals surface area contributed by atoms with Crippen molar-refractivity contribution in [2.24, 2.45) is 0 Å². The molecule has 1 atom stereocenters. The molecule has 0 aliphatic carbocycles. The number of carboxylic acids is 1. The fraction of sp³-hybridized carbons (Fsp3) is 0.300. The Morgan fingerprint density at radius 1 is 1.53 bits per heavy atom. The summed E-state index contributed by atoms with van der Waals surface area (Å²) in [5, 5.41) is 8.81. The maximum absolute atomic E-state index is 13.7. The standard InChI is InChI=1S/C10H11FO3S/c1-3-6-7(10(12)13)4-5-8(9(6)11)15(2)14/h4-5H,3H2,1-2H3,(H,12,13). The molecule has 0 aliphatic rings. The Bertz CT molecular complexity index is 429. The van der Waals surface area contributed by atoms with Gasteiger partial charge in [-0.3, -0.25) is 4.21 Å². The van der Waals surface area contributed by atoms with Gasteiger partial charge in [0.25, 0.3) is 0 Å². The molecule has 0 spiro atoms. The second-order valence-corrected chi connectivity index (χ2v) is 4.36. The lowest BCUT2D eigenvalue weighted by Crippen LogP contribution is -2.07. The molecular formula is C10H11FO3S. The van der Waals surface area contributed by atoms with E-state index in [0.717, 1.165) is 0 Å². The zero-order valence-electron chi connectivity index (χ0n) is 8.41. The van der Waals surface area contributed by atoms with Crippen molar-refractivity contribution >= 4 is 16.8 Å². The van der Waals surface area contributed by atoms with Crippen LogP contribution in [-0.2, 0) is 17.2 Å². The summed E-state index contributed by atoms with van der Waals surface area (Å²) >= 11 is 0. The second-order valence-electron chi connectivity index (χ2n) is 3.02. The molecule has 0 saturated carbocycles. The lowest BCUT2D eigenvalue weighted by Gasteiger charge is -2.08. The molecule has 0 amide bonds. The molecule has 0 fully saturated rings. The summed E-state index contributed by atoms with van der Waals surface area (Å²) in [6, 6.07) is 2.55. The van der Waals surface area contributed by atoms with Crippen LogP contribution in [0.3, 0.4) is 0 Å². The zero-order chi connectivity index (χ0) is 11.6. The number of carbonyl (C=O) groups is 1. The van der Waals surface area contributed by atoms with Crippen molar-refractivity contribution in [3.8, 4) is 0 Å². The van der Waals surface area contributed by atoms with Crippen LogP contribution >= 0.6 is 0 Å². The Kier molecular flexibility index (Phi) is 3.57. The highest BCUT2D eigenvalue weighted by molar-refractivity contribution is 7.84. The molecule has 15 heavy (non-hydrogen) atoms. The molecule has 0 bridgehead atoms. The fourth-order valence-corrected chi connectivity index (χ4v) is 2.00. The summed E-state index contributed by atoms with van der Waals surface area (Å²) in [5.41, 5.74) is 0.0411. The van der Waals surface area contributed by atoms with Crippen molar-refractivity contribution in [2.75, 3.05) is 6.26 Å². The van der Waals surface area contributed by atoms with Crippen LogP contribution in [0.25, 0.3) is 0 Å². The molecule has 1 rings (SSSR count). The van der Waals surface area contributed by atoms with E-state index in [9.17, 15) is 13.4 Å².